The highest BCUT2D eigenvalue weighted by atomic mass is 32.1. The van der Waals surface area contributed by atoms with Crippen LogP contribution in [0.15, 0.2) is 4.99 Å². The van der Waals surface area contributed by atoms with Crippen LogP contribution in [0.1, 0.15) is 12.8 Å². The monoisotopic (exact) mass is 158 g/mol. The molecule has 0 aliphatic carbocycles. The predicted octanol–water partition coefficient (Wildman–Crippen LogP) is 1.43. The fourth-order valence-corrected chi connectivity index (χ4v) is 0.756. The van der Waals surface area contributed by atoms with Gasteiger partial charge in [0.05, 0.1) is 5.16 Å². The van der Waals surface area contributed by atoms with Crippen molar-refractivity contribution in [3.63, 3.8) is 0 Å². The lowest BCUT2D eigenvalue weighted by atomic mass is 10.3. The van der Waals surface area contributed by atoms with Crippen molar-refractivity contribution in [2.24, 2.45) is 4.99 Å². The molecule has 0 bridgehead atoms. The molecule has 0 unspecified atom stereocenters. The van der Waals surface area contributed by atoms with Gasteiger partial charge in [0.2, 0.25) is 0 Å². The Morgan fingerprint density at radius 3 is 2.60 bits per heavy atom. The Kier molecular flexibility index (Phi) is 6.71. The summed E-state index contributed by atoms with van der Waals surface area (Å²) in [7, 11) is 4.14. The summed E-state index contributed by atoms with van der Waals surface area (Å²) in [6, 6.07) is 0. The molecule has 0 amide bonds. The number of nitrogens with zero attached hydrogens (tertiary/aromatic N) is 2. The van der Waals surface area contributed by atoms with Crippen molar-refractivity contribution in [1.82, 2.24) is 4.90 Å². The first-order chi connectivity index (χ1) is 4.77. The molecule has 0 radical (unpaired) electrons. The van der Waals surface area contributed by atoms with E-state index in [0.717, 1.165) is 19.5 Å². The van der Waals surface area contributed by atoms with Gasteiger partial charge < -0.3 is 4.90 Å². The van der Waals surface area contributed by atoms with E-state index in [-0.39, 0.29) is 0 Å². The fraction of sp³-hybridized carbons (Fsp3) is 0.857. The van der Waals surface area contributed by atoms with Gasteiger partial charge in [-0.2, -0.15) is 0 Å². The summed E-state index contributed by atoms with van der Waals surface area (Å²) in [5.74, 6) is 0. The van der Waals surface area contributed by atoms with Crippen LogP contribution < -0.4 is 0 Å². The van der Waals surface area contributed by atoms with E-state index in [1.807, 2.05) is 0 Å². The molecule has 0 aromatic carbocycles. The Labute approximate surface area is 67.9 Å². The molecular weight excluding hydrogens is 144 g/mol. The third-order valence-corrected chi connectivity index (χ3v) is 1.32. The van der Waals surface area contributed by atoms with E-state index >= 15 is 0 Å². The molecule has 0 rings (SSSR count). The van der Waals surface area contributed by atoms with Gasteiger partial charge in [-0.15, -0.1) is 0 Å². The first-order valence-electron chi connectivity index (χ1n) is 3.45. The van der Waals surface area contributed by atoms with Gasteiger partial charge in [0.25, 0.3) is 0 Å². The predicted molar refractivity (Wildman–Crippen MR) is 47.7 cm³/mol. The molecule has 3 heteroatoms. The van der Waals surface area contributed by atoms with E-state index < -0.39 is 0 Å². The number of hydrogen-bond acceptors (Lipinski definition) is 3. The molecule has 0 spiro atoms. The molecular formula is C7H14N2S. The van der Waals surface area contributed by atoms with E-state index in [4.69, 9.17) is 0 Å². The normalized spacial score (nSPS) is 9.50. The van der Waals surface area contributed by atoms with E-state index in [1.54, 1.807) is 0 Å². The molecule has 0 atom stereocenters. The first-order valence-corrected chi connectivity index (χ1v) is 3.86. The van der Waals surface area contributed by atoms with Crippen molar-refractivity contribution in [2.75, 3.05) is 27.2 Å². The van der Waals surface area contributed by atoms with Crippen LogP contribution in [-0.2, 0) is 0 Å². The van der Waals surface area contributed by atoms with Crippen molar-refractivity contribution in [1.29, 1.82) is 0 Å². The minimum absolute atomic E-state index is 0.831. The maximum atomic E-state index is 4.43. The van der Waals surface area contributed by atoms with Gasteiger partial charge in [-0.1, -0.05) is 0 Å². The number of thiocarbonyl (C=S) groups is 1. The first kappa shape index (κ1) is 9.76. The van der Waals surface area contributed by atoms with Crippen molar-refractivity contribution in [2.45, 2.75) is 12.8 Å². The van der Waals surface area contributed by atoms with Crippen LogP contribution >= 0.6 is 12.2 Å². The van der Waals surface area contributed by atoms with Gasteiger partial charge in [-0.25, -0.2) is 4.99 Å². The second-order valence-corrected chi connectivity index (χ2v) is 2.67. The summed E-state index contributed by atoms with van der Waals surface area (Å²) in [6.07, 6.45) is 2.30. The third kappa shape index (κ3) is 7.76. The van der Waals surface area contributed by atoms with Crippen LogP contribution in [0.25, 0.3) is 0 Å². The molecule has 0 aromatic heterocycles. The number of unbranched alkanes of at least 4 members (excludes halogenated alkanes) is 1. The van der Waals surface area contributed by atoms with Crippen LogP contribution in [0.3, 0.4) is 0 Å². The Morgan fingerprint density at radius 1 is 1.40 bits per heavy atom. The van der Waals surface area contributed by atoms with Crippen molar-refractivity contribution in [3.8, 4) is 0 Å². The molecule has 0 saturated carbocycles. The maximum absolute atomic E-state index is 4.43. The topological polar surface area (TPSA) is 15.6 Å². The second kappa shape index (κ2) is 6.87. The lowest BCUT2D eigenvalue weighted by Crippen LogP contribution is -2.12. The summed E-state index contributed by atoms with van der Waals surface area (Å²) in [4.78, 5) is 5.98. The quantitative estimate of drug-likeness (QED) is 0.342. The van der Waals surface area contributed by atoms with Crippen LogP contribution in [0, 0.1) is 0 Å². The van der Waals surface area contributed by atoms with E-state index in [1.165, 1.54) is 6.42 Å². The van der Waals surface area contributed by atoms with Crippen molar-refractivity contribution in [3.05, 3.63) is 0 Å². The van der Waals surface area contributed by atoms with Crippen molar-refractivity contribution < 1.29 is 0 Å². The number of isothiocyanates is 1. The largest absolute Gasteiger partial charge is 0.309 e. The van der Waals surface area contributed by atoms with Gasteiger partial charge >= 0.3 is 0 Å². The molecule has 0 fully saturated rings. The summed E-state index contributed by atoms with van der Waals surface area (Å²) >= 11 is 4.43. The number of aliphatic imine (C=N–C) groups is 1. The van der Waals surface area contributed by atoms with E-state index in [2.05, 4.69) is 41.4 Å². The summed E-state index contributed by atoms with van der Waals surface area (Å²) in [6.45, 7) is 1.96. The number of hydrogen-bond donors (Lipinski definition) is 0. The minimum atomic E-state index is 0.831. The molecule has 0 aromatic rings. The molecule has 58 valence electrons. The van der Waals surface area contributed by atoms with Gasteiger partial charge in [0, 0.05) is 6.54 Å². The average molecular weight is 158 g/mol. The standard InChI is InChI=1S/C7H14N2S/c1-9(2)6-4-3-5-8-7-10/h3-6H2,1-2H3. The van der Waals surface area contributed by atoms with Gasteiger partial charge in [-0.05, 0) is 45.7 Å². The molecule has 0 N–H and O–H groups in total. The molecule has 0 heterocycles. The van der Waals surface area contributed by atoms with Gasteiger partial charge in [0.15, 0.2) is 0 Å². The third-order valence-electron chi connectivity index (χ3n) is 1.19. The smallest absolute Gasteiger partial charge is 0.0584 e. The molecule has 0 aliphatic heterocycles. The highest BCUT2D eigenvalue weighted by Crippen LogP contribution is 1.89. The summed E-state index contributed by atoms with van der Waals surface area (Å²) in [5.41, 5.74) is 0. The second-order valence-electron chi connectivity index (χ2n) is 2.48. The Balaban J connectivity index is 2.98. The van der Waals surface area contributed by atoms with Crippen LogP contribution in [-0.4, -0.2) is 37.2 Å². The highest BCUT2D eigenvalue weighted by Gasteiger charge is 1.88. The van der Waals surface area contributed by atoms with E-state index in [9.17, 15) is 0 Å². The lowest BCUT2D eigenvalue weighted by molar-refractivity contribution is 0.396. The zero-order valence-corrected chi connectivity index (χ0v) is 7.45. The van der Waals surface area contributed by atoms with E-state index in [0.29, 0.717) is 0 Å². The molecule has 2 nitrogen and oxygen atoms in total. The Bertz CT molecular complexity index is 117. The minimum Gasteiger partial charge on any atom is -0.309 e. The lowest BCUT2D eigenvalue weighted by Gasteiger charge is -2.06. The summed E-state index contributed by atoms with van der Waals surface area (Å²) < 4.78 is 0. The van der Waals surface area contributed by atoms with Crippen LogP contribution in [0.5, 0.6) is 0 Å². The van der Waals surface area contributed by atoms with Gasteiger partial charge in [-0.3, -0.25) is 0 Å². The zero-order valence-electron chi connectivity index (χ0n) is 6.63. The Morgan fingerprint density at radius 2 is 2.10 bits per heavy atom. The zero-order chi connectivity index (χ0) is 7.82. The highest BCUT2D eigenvalue weighted by molar-refractivity contribution is 7.78. The van der Waals surface area contributed by atoms with Gasteiger partial charge in [0.1, 0.15) is 0 Å². The average Bonchev–Trinajstić information content (AvgIpc) is 1.87. The maximum Gasteiger partial charge on any atom is 0.0584 e. The fourth-order valence-electron chi connectivity index (χ4n) is 0.665. The molecule has 0 aliphatic rings. The van der Waals surface area contributed by atoms with Crippen LogP contribution in [0.4, 0.5) is 0 Å². The van der Waals surface area contributed by atoms with Crippen molar-refractivity contribution >= 4 is 17.4 Å². The Hall–Kier alpha value is -0.240. The molecule has 10 heavy (non-hydrogen) atoms. The molecule has 0 saturated heterocycles. The number of rotatable bonds is 5. The van der Waals surface area contributed by atoms with Crippen LogP contribution in [0.2, 0.25) is 0 Å². The summed E-state index contributed by atoms with van der Waals surface area (Å²) in [5, 5.41) is 2.35. The SMILES string of the molecule is CN(C)CCCCN=C=S.